The highest BCUT2D eigenvalue weighted by molar-refractivity contribution is 7.20. The van der Waals surface area contributed by atoms with Crippen molar-refractivity contribution in [2.75, 3.05) is 18.4 Å². The molecule has 1 fully saturated rings. The average molecular weight is 422 g/mol. The fourth-order valence-corrected chi connectivity index (χ4v) is 4.18. The van der Waals surface area contributed by atoms with Crippen molar-refractivity contribution in [1.82, 2.24) is 9.88 Å². The molecule has 2 amide bonds. The van der Waals surface area contributed by atoms with E-state index in [0.717, 1.165) is 23.1 Å². The highest BCUT2D eigenvalue weighted by Gasteiger charge is 2.25. The van der Waals surface area contributed by atoms with E-state index in [-0.39, 0.29) is 12.1 Å². The number of para-hydroxylation sites is 1. The maximum atomic E-state index is 12.4. The molecule has 2 heterocycles. The molecule has 1 aromatic heterocycles. The van der Waals surface area contributed by atoms with Gasteiger partial charge in [-0.1, -0.05) is 46.7 Å². The number of hydrogen-bond donors (Lipinski definition) is 1. The maximum absolute atomic E-state index is 12.4. The van der Waals surface area contributed by atoms with Gasteiger partial charge in [0.1, 0.15) is 6.10 Å². The van der Waals surface area contributed by atoms with Crippen LogP contribution in [0.1, 0.15) is 12.8 Å². The maximum Gasteiger partial charge on any atom is 0.321 e. The van der Waals surface area contributed by atoms with Crippen LogP contribution < -0.4 is 10.1 Å². The quantitative estimate of drug-likeness (QED) is 0.591. The van der Waals surface area contributed by atoms with Crippen LogP contribution in [0.5, 0.6) is 5.19 Å². The van der Waals surface area contributed by atoms with Crippen molar-refractivity contribution in [2.24, 2.45) is 0 Å². The van der Waals surface area contributed by atoms with Crippen molar-refractivity contribution >= 4 is 56.5 Å². The van der Waals surface area contributed by atoms with Gasteiger partial charge in [-0.2, -0.15) is 0 Å². The number of carbonyl (C=O) groups is 1. The number of thiazole rings is 1. The number of likely N-dealkylation sites (tertiary alicyclic amines) is 1. The largest absolute Gasteiger partial charge is 0.467 e. The Morgan fingerprint density at radius 3 is 2.67 bits per heavy atom. The number of fused-ring (bicyclic) bond motifs is 1. The summed E-state index contributed by atoms with van der Waals surface area (Å²) in [6, 6.07) is 12.9. The number of rotatable bonds is 3. The number of ether oxygens (including phenoxy) is 1. The first-order valence-corrected chi connectivity index (χ1v) is 10.2. The number of nitrogens with zero attached hydrogens (tertiary/aromatic N) is 2. The minimum absolute atomic E-state index is 0.0691. The summed E-state index contributed by atoms with van der Waals surface area (Å²) in [5.74, 6) is 0. The lowest BCUT2D eigenvalue weighted by Gasteiger charge is -2.31. The molecule has 5 nitrogen and oxygen atoms in total. The Bertz CT molecular complexity index is 937. The molecular weight excluding hydrogens is 405 g/mol. The fraction of sp³-hybridized carbons (Fsp3) is 0.263. The fourth-order valence-electron chi connectivity index (χ4n) is 3.00. The Morgan fingerprint density at radius 1 is 1.15 bits per heavy atom. The lowest BCUT2D eigenvalue weighted by molar-refractivity contribution is 0.115. The number of piperidine rings is 1. The molecule has 0 saturated carbocycles. The Labute approximate surface area is 170 Å². The van der Waals surface area contributed by atoms with E-state index in [0.29, 0.717) is 34.0 Å². The minimum atomic E-state index is -0.146. The number of benzene rings is 2. The lowest BCUT2D eigenvalue weighted by atomic mass is 10.1. The number of nitrogens with one attached hydrogen (secondary N) is 1. The van der Waals surface area contributed by atoms with Crippen LogP contribution in [0.2, 0.25) is 10.0 Å². The standard InChI is InChI=1S/C19H17Cl2N3O2S/c20-14-6-5-12(11-15(14)21)22-18(25)24-9-7-13(8-10-24)26-19-23-16-3-1-2-4-17(16)27-19/h1-6,11,13H,7-10H2,(H,22,25). The summed E-state index contributed by atoms with van der Waals surface area (Å²) in [4.78, 5) is 18.7. The normalized spacial score (nSPS) is 15.1. The van der Waals surface area contributed by atoms with Gasteiger partial charge in [-0.25, -0.2) is 9.78 Å². The summed E-state index contributed by atoms with van der Waals surface area (Å²) in [7, 11) is 0. The van der Waals surface area contributed by atoms with Crippen LogP contribution in [-0.4, -0.2) is 35.1 Å². The first-order valence-electron chi connectivity index (χ1n) is 8.62. The van der Waals surface area contributed by atoms with E-state index >= 15 is 0 Å². The minimum Gasteiger partial charge on any atom is -0.467 e. The van der Waals surface area contributed by atoms with Crippen molar-refractivity contribution in [1.29, 1.82) is 0 Å². The monoisotopic (exact) mass is 421 g/mol. The SMILES string of the molecule is O=C(Nc1ccc(Cl)c(Cl)c1)N1CCC(Oc2nc3ccccc3s2)CC1. The second-order valence-electron chi connectivity index (χ2n) is 6.31. The van der Waals surface area contributed by atoms with Crippen molar-refractivity contribution in [3.8, 4) is 5.19 Å². The summed E-state index contributed by atoms with van der Waals surface area (Å²) in [6.45, 7) is 1.26. The van der Waals surface area contributed by atoms with Crippen molar-refractivity contribution in [3.63, 3.8) is 0 Å². The molecule has 0 bridgehead atoms. The van der Waals surface area contributed by atoms with Gasteiger partial charge in [-0.3, -0.25) is 0 Å². The summed E-state index contributed by atoms with van der Waals surface area (Å²) in [5, 5.41) is 4.42. The molecule has 27 heavy (non-hydrogen) atoms. The number of aromatic nitrogens is 1. The molecule has 0 spiro atoms. The van der Waals surface area contributed by atoms with E-state index in [1.165, 1.54) is 0 Å². The molecule has 1 N–H and O–H groups in total. The zero-order chi connectivity index (χ0) is 18.8. The number of halogens is 2. The molecule has 3 aromatic rings. The molecule has 1 aliphatic heterocycles. The van der Waals surface area contributed by atoms with Gasteiger partial charge in [0.25, 0.3) is 5.19 Å². The summed E-state index contributed by atoms with van der Waals surface area (Å²) in [5.41, 5.74) is 1.58. The van der Waals surface area contributed by atoms with Crippen LogP contribution in [0.15, 0.2) is 42.5 Å². The molecule has 0 unspecified atom stereocenters. The van der Waals surface area contributed by atoms with Crippen LogP contribution in [0, 0.1) is 0 Å². The Balaban J connectivity index is 1.31. The van der Waals surface area contributed by atoms with Crippen molar-refractivity contribution < 1.29 is 9.53 Å². The predicted molar refractivity (Wildman–Crippen MR) is 110 cm³/mol. The smallest absolute Gasteiger partial charge is 0.321 e. The van der Waals surface area contributed by atoms with E-state index in [1.54, 1.807) is 34.4 Å². The van der Waals surface area contributed by atoms with E-state index in [4.69, 9.17) is 27.9 Å². The van der Waals surface area contributed by atoms with Crippen LogP contribution >= 0.6 is 34.5 Å². The third kappa shape index (κ3) is 4.29. The summed E-state index contributed by atoms with van der Waals surface area (Å²) in [6.07, 6.45) is 1.61. The molecule has 8 heteroatoms. The van der Waals surface area contributed by atoms with Gasteiger partial charge >= 0.3 is 6.03 Å². The second-order valence-corrected chi connectivity index (χ2v) is 8.12. The predicted octanol–water partition coefficient (Wildman–Crippen LogP) is 5.68. The zero-order valence-corrected chi connectivity index (χ0v) is 16.7. The third-order valence-electron chi connectivity index (χ3n) is 4.44. The van der Waals surface area contributed by atoms with Crippen LogP contribution in [-0.2, 0) is 0 Å². The molecule has 0 aliphatic carbocycles. The lowest BCUT2D eigenvalue weighted by Crippen LogP contribution is -2.43. The Hall–Kier alpha value is -2.02. The first-order chi connectivity index (χ1) is 13.1. The van der Waals surface area contributed by atoms with Crippen LogP contribution in [0.25, 0.3) is 10.2 Å². The molecule has 4 rings (SSSR count). The average Bonchev–Trinajstić information content (AvgIpc) is 3.07. The van der Waals surface area contributed by atoms with Gasteiger partial charge in [0.15, 0.2) is 0 Å². The number of urea groups is 1. The zero-order valence-electron chi connectivity index (χ0n) is 14.3. The molecule has 140 valence electrons. The highest BCUT2D eigenvalue weighted by atomic mass is 35.5. The number of anilines is 1. The highest BCUT2D eigenvalue weighted by Crippen LogP contribution is 2.30. The molecule has 0 atom stereocenters. The van der Waals surface area contributed by atoms with Gasteiger partial charge in [0.2, 0.25) is 0 Å². The van der Waals surface area contributed by atoms with Gasteiger partial charge in [0.05, 0.1) is 20.3 Å². The molecule has 0 radical (unpaired) electrons. The van der Waals surface area contributed by atoms with Gasteiger partial charge in [0, 0.05) is 31.6 Å². The first kappa shape index (κ1) is 18.3. The van der Waals surface area contributed by atoms with E-state index in [2.05, 4.69) is 10.3 Å². The number of carbonyl (C=O) groups excluding carboxylic acids is 1. The second kappa shape index (κ2) is 7.92. The Kier molecular flexibility index (Phi) is 5.38. The molecular formula is C19H17Cl2N3O2S. The molecule has 1 aliphatic rings. The van der Waals surface area contributed by atoms with E-state index in [1.807, 2.05) is 24.3 Å². The summed E-state index contributed by atoms with van der Waals surface area (Å²) >= 11 is 13.4. The van der Waals surface area contributed by atoms with E-state index < -0.39 is 0 Å². The van der Waals surface area contributed by atoms with Gasteiger partial charge < -0.3 is 15.0 Å². The van der Waals surface area contributed by atoms with Crippen LogP contribution in [0.4, 0.5) is 10.5 Å². The Morgan fingerprint density at radius 2 is 1.93 bits per heavy atom. The van der Waals surface area contributed by atoms with Gasteiger partial charge in [-0.15, -0.1) is 0 Å². The topological polar surface area (TPSA) is 54.5 Å². The van der Waals surface area contributed by atoms with Crippen molar-refractivity contribution in [3.05, 3.63) is 52.5 Å². The van der Waals surface area contributed by atoms with Gasteiger partial charge in [-0.05, 0) is 30.3 Å². The number of hydrogen-bond acceptors (Lipinski definition) is 4. The van der Waals surface area contributed by atoms with E-state index in [9.17, 15) is 4.79 Å². The third-order valence-corrected chi connectivity index (χ3v) is 6.11. The summed E-state index contributed by atoms with van der Waals surface area (Å²) < 4.78 is 7.15. The van der Waals surface area contributed by atoms with Crippen molar-refractivity contribution in [2.45, 2.75) is 18.9 Å². The molecule has 2 aromatic carbocycles. The van der Waals surface area contributed by atoms with Crippen LogP contribution in [0.3, 0.4) is 0 Å². The number of amides is 2. The molecule has 1 saturated heterocycles.